The zero-order valence-electron chi connectivity index (χ0n) is 9.11. The van der Waals surface area contributed by atoms with Gasteiger partial charge >= 0.3 is 0 Å². The molecule has 0 fully saturated rings. The van der Waals surface area contributed by atoms with Gasteiger partial charge in [0.2, 0.25) is 0 Å². The highest BCUT2D eigenvalue weighted by Crippen LogP contribution is 2.20. The second-order valence-electron chi connectivity index (χ2n) is 3.19. The monoisotopic (exact) mass is 229 g/mol. The van der Waals surface area contributed by atoms with E-state index in [0.717, 1.165) is 0 Å². The van der Waals surface area contributed by atoms with Crippen molar-refractivity contribution in [3.63, 3.8) is 0 Å². The minimum Gasteiger partial charge on any atom is -0.383 e. The summed E-state index contributed by atoms with van der Waals surface area (Å²) >= 11 is 1.22. The Balaban J connectivity index is 2.71. The summed E-state index contributed by atoms with van der Waals surface area (Å²) in [7, 11) is 3.34. The maximum absolute atomic E-state index is 11.9. The summed E-state index contributed by atoms with van der Waals surface area (Å²) in [6.07, 6.45) is 0. The SMILES string of the molecule is COCCN(C)C(=O)c1sc(N)nc1C. The van der Waals surface area contributed by atoms with Crippen molar-refractivity contribution in [1.82, 2.24) is 9.88 Å². The van der Waals surface area contributed by atoms with Gasteiger partial charge in [0.1, 0.15) is 4.88 Å². The summed E-state index contributed by atoms with van der Waals surface area (Å²) in [5, 5.41) is 0.427. The summed E-state index contributed by atoms with van der Waals surface area (Å²) in [6, 6.07) is 0. The number of rotatable bonds is 4. The molecule has 0 bridgehead atoms. The van der Waals surface area contributed by atoms with E-state index in [9.17, 15) is 4.79 Å². The third-order valence-corrected chi connectivity index (χ3v) is 2.96. The predicted molar refractivity (Wildman–Crippen MR) is 60.1 cm³/mol. The number of methoxy groups -OCH3 is 1. The maximum atomic E-state index is 11.9. The molecule has 0 aliphatic rings. The highest BCUT2D eigenvalue weighted by atomic mass is 32.1. The predicted octanol–water partition coefficient (Wildman–Crippen LogP) is 0.752. The van der Waals surface area contributed by atoms with Crippen molar-refractivity contribution < 1.29 is 9.53 Å². The van der Waals surface area contributed by atoms with Crippen LogP contribution in [0.2, 0.25) is 0 Å². The quantitative estimate of drug-likeness (QED) is 0.827. The molecule has 0 unspecified atom stereocenters. The minimum atomic E-state index is -0.0567. The Morgan fingerprint density at radius 2 is 2.33 bits per heavy atom. The standard InChI is InChI=1S/C9H15N3O2S/c1-6-7(15-9(10)11-6)8(13)12(2)4-5-14-3/h4-5H2,1-3H3,(H2,10,11). The fraction of sp³-hybridized carbons (Fsp3) is 0.556. The van der Waals surface area contributed by atoms with Gasteiger partial charge in [0, 0.05) is 20.7 Å². The van der Waals surface area contributed by atoms with Crippen molar-refractivity contribution in [3.05, 3.63) is 10.6 Å². The number of ether oxygens (including phenoxy) is 1. The molecule has 0 aliphatic carbocycles. The first-order chi connectivity index (χ1) is 7.06. The fourth-order valence-electron chi connectivity index (χ4n) is 1.12. The van der Waals surface area contributed by atoms with E-state index < -0.39 is 0 Å². The Morgan fingerprint density at radius 3 is 2.80 bits per heavy atom. The molecule has 0 saturated carbocycles. The molecule has 1 aromatic heterocycles. The van der Waals surface area contributed by atoms with Gasteiger partial charge in [0.15, 0.2) is 5.13 Å². The molecule has 0 saturated heterocycles. The van der Waals surface area contributed by atoms with E-state index in [-0.39, 0.29) is 5.91 Å². The number of carbonyl (C=O) groups excluding carboxylic acids is 1. The van der Waals surface area contributed by atoms with E-state index >= 15 is 0 Å². The number of likely N-dealkylation sites (N-methyl/N-ethyl adjacent to an activating group) is 1. The lowest BCUT2D eigenvalue weighted by molar-refractivity contribution is 0.0748. The van der Waals surface area contributed by atoms with Gasteiger partial charge in [-0.1, -0.05) is 11.3 Å². The molecule has 1 aromatic rings. The molecule has 0 aromatic carbocycles. The molecule has 0 spiro atoms. The van der Waals surface area contributed by atoms with Crippen molar-refractivity contribution in [2.24, 2.45) is 0 Å². The first-order valence-corrected chi connectivity index (χ1v) is 5.35. The summed E-state index contributed by atoms with van der Waals surface area (Å²) in [4.78, 5) is 18.1. The fourth-order valence-corrected chi connectivity index (χ4v) is 1.95. The number of nitrogens with two attached hydrogens (primary N) is 1. The van der Waals surface area contributed by atoms with E-state index in [4.69, 9.17) is 10.5 Å². The second kappa shape index (κ2) is 5.09. The lowest BCUT2D eigenvalue weighted by atomic mass is 10.3. The average molecular weight is 229 g/mol. The summed E-state index contributed by atoms with van der Waals surface area (Å²) in [6.45, 7) is 2.87. The first kappa shape index (κ1) is 11.9. The van der Waals surface area contributed by atoms with Crippen LogP contribution in [0.25, 0.3) is 0 Å². The first-order valence-electron chi connectivity index (χ1n) is 4.53. The molecule has 84 valence electrons. The Labute approximate surface area is 92.9 Å². The van der Waals surface area contributed by atoms with Crippen LogP contribution in [0.3, 0.4) is 0 Å². The molecule has 0 radical (unpaired) electrons. The van der Waals surface area contributed by atoms with Crippen molar-refractivity contribution in [2.75, 3.05) is 33.0 Å². The highest BCUT2D eigenvalue weighted by Gasteiger charge is 2.17. The number of anilines is 1. The Hall–Kier alpha value is -1.14. The third-order valence-electron chi connectivity index (χ3n) is 1.98. The number of amides is 1. The molecule has 15 heavy (non-hydrogen) atoms. The molecule has 1 rings (SSSR count). The van der Waals surface area contributed by atoms with Gasteiger partial charge in [-0.2, -0.15) is 0 Å². The van der Waals surface area contributed by atoms with E-state index in [1.807, 2.05) is 0 Å². The van der Waals surface area contributed by atoms with Crippen LogP contribution in [0.15, 0.2) is 0 Å². The number of nitrogens with zero attached hydrogens (tertiary/aromatic N) is 2. The number of thiazole rings is 1. The number of nitrogen functional groups attached to an aromatic ring is 1. The van der Waals surface area contributed by atoms with Crippen LogP contribution in [0.1, 0.15) is 15.4 Å². The van der Waals surface area contributed by atoms with Crippen LogP contribution in [-0.2, 0) is 4.74 Å². The smallest absolute Gasteiger partial charge is 0.265 e. The lowest BCUT2D eigenvalue weighted by Gasteiger charge is -2.15. The van der Waals surface area contributed by atoms with Crippen LogP contribution in [0.4, 0.5) is 5.13 Å². The van der Waals surface area contributed by atoms with Gasteiger partial charge in [0.25, 0.3) is 5.91 Å². The molecular formula is C9H15N3O2S. The van der Waals surface area contributed by atoms with Crippen molar-refractivity contribution in [3.8, 4) is 0 Å². The Bertz CT molecular complexity index is 351. The van der Waals surface area contributed by atoms with Crippen LogP contribution in [0.5, 0.6) is 0 Å². The average Bonchev–Trinajstić information content (AvgIpc) is 2.53. The van der Waals surface area contributed by atoms with Gasteiger partial charge in [-0.3, -0.25) is 4.79 Å². The molecule has 5 nitrogen and oxygen atoms in total. The van der Waals surface area contributed by atoms with E-state index in [1.54, 1.807) is 26.0 Å². The molecule has 6 heteroatoms. The van der Waals surface area contributed by atoms with Gasteiger partial charge in [0.05, 0.1) is 12.3 Å². The third kappa shape index (κ3) is 2.90. The number of hydrogen-bond donors (Lipinski definition) is 1. The highest BCUT2D eigenvalue weighted by molar-refractivity contribution is 7.17. The molecule has 2 N–H and O–H groups in total. The normalized spacial score (nSPS) is 10.3. The molecule has 1 amide bonds. The Morgan fingerprint density at radius 1 is 1.67 bits per heavy atom. The summed E-state index contributed by atoms with van der Waals surface area (Å²) in [5.41, 5.74) is 6.22. The van der Waals surface area contributed by atoms with Crippen molar-refractivity contribution in [1.29, 1.82) is 0 Å². The van der Waals surface area contributed by atoms with Crippen LogP contribution >= 0.6 is 11.3 Å². The Kier molecular flexibility index (Phi) is 4.05. The summed E-state index contributed by atoms with van der Waals surface area (Å²) in [5.74, 6) is -0.0567. The van der Waals surface area contributed by atoms with E-state index in [0.29, 0.717) is 28.9 Å². The molecule has 0 atom stereocenters. The zero-order chi connectivity index (χ0) is 11.4. The number of carbonyl (C=O) groups is 1. The second-order valence-corrected chi connectivity index (χ2v) is 4.22. The van der Waals surface area contributed by atoms with E-state index in [1.165, 1.54) is 11.3 Å². The van der Waals surface area contributed by atoms with Gasteiger partial charge in [-0.15, -0.1) is 0 Å². The van der Waals surface area contributed by atoms with Crippen LogP contribution in [-0.4, -0.2) is 43.1 Å². The van der Waals surface area contributed by atoms with Gasteiger partial charge < -0.3 is 15.4 Å². The van der Waals surface area contributed by atoms with Crippen LogP contribution in [0, 0.1) is 6.92 Å². The van der Waals surface area contributed by atoms with Crippen molar-refractivity contribution in [2.45, 2.75) is 6.92 Å². The van der Waals surface area contributed by atoms with E-state index in [2.05, 4.69) is 4.98 Å². The van der Waals surface area contributed by atoms with Gasteiger partial charge in [-0.05, 0) is 6.92 Å². The molecular weight excluding hydrogens is 214 g/mol. The van der Waals surface area contributed by atoms with Crippen molar-refractivity contribution >= 4 is 22.4 Å². The number of aromatic nitrogens is 1. The topological polar surface area (TPSA) is 68.5 Å². The van der Waals surface area contributed by atoms with Crippen LogP contribution < -0.4 is 5.73 Å². The maximum Gasteiger partial charge on any atom is 0.265 e. The van der Waals surface area contributed by atoms with Gasteiger partial charge in [-0.25, -0.2) is 4.98 Å². The zero-order valence-corrected chi connectivity index (χ0v) is 9.93. The summed E-state index contributed by atoms with van der Waals surface area (Å²) < 4.78 is 4.90. The molecule has 0 aliphatic heterocycles. The lowest BCUT2D eigenvalue weighted by Crippen LogP contribution is -2.29. The number of aryl methyl sites for hydroxylation is 1. The largest absolute Gasteiger partial charge is 0.383 e. The number of hydrogen-bond acceptors (Lipinski definition) is 5. The minimum absolute atomic E-state index is 0.0567. The molecule has 1 heterocycles.